The number of hydrogen-bond acceptors (Lipinski definition) is 5. The number of carboxylic acid groups (broad SMARTS) is 1. The van der Waals surface area contributed by atoms with E-state index in [4.69, 9.17) is 4.74 Å². The van der Waals surface area contributed by atoms with Crippen molar-refractivity contribution >= 4 is 40.5 Å². The number of ether oxygens (including phenoxy) is 1. The van der Waals surface area contributed by atoms with Crippen LogP contribution in [0.25, 0.3) is 10.9 Å². The van der Waals surface area contributed by atoms with Crippen molar-refractivity contribution < 1.29 is 29.0 Å². The van der Waals surface area contributed by atoms with Crippen molar-refractivity contribution in [3.63, 3.8) is 0 Å². The molecule has 1 aliphatic heterocycles. The van der Waals surface area contributed by atoms with Crippen LogP contribution in [0.2, 0.25) is 0 Å². The smallest absolute Gasteiger partial charge is 0.407 e. The minimum absolute atomic E-state index is 0.00400. The van der Waals surface area contributed by atoms with Crippen LogP contribution in [0, 0.1) is 11.8 Å². The predicted octanol–water partition coefficient (Wildman–Crippen LogP) is 5.52. The number of likely N-dealkylation sites (tertiary alicyclic amines) is 1. The highest BCUT2D eigenvalue weighted by Gasteiger charge is 2.44. The van der Waals surface area contributed by atoms with Crippen molar-refractivity contribution in [2.24, 2.45) is 11.8 Å². The van der Waals surface area contributed by atoms with Gasteiger partial charge in [-0.3, -0.25) is 9.59 Å². The molecule has 1 aliphatic carbocycles. The number of nitrogens with one attached hydrogen (secondary N) is 3. The molecule has 2 aliphatic rings. The van der Waals surface area contributed by atoms with Gasteiger partial charge in [0.25, 0.3) is 0 Å². The third-order valence-electron chi connectivity index (χ3n) is 8.43. The van der Waals surface area contributed by atoms with Crippen LogP contribution in [0.4, 0.5) is 10.5 Å². The third kappa shape index (κ3) is 7.18. The maximum atomic E-state index is 13.9. The van der Waals surface area contributed by atoms with Crippen LogP contribution >= 0.6 is 0 Å². The summed E-state index contributed by atoms with van der Waals surface area (Å²) in [5.41, 5.74) is 1.74. The monoisotopic (exact) mass is 588 g/mol. The average molecular weight is 589 g/mol. The standard InChI is InChI=1S/C33H40N4O6/c1-33(2,3)43-32(42)34-19-20-9-11-22(12-10-20)30(39)37-16-15-25(21-7-5-4-6-8-21)28(37)29(38)35-24-13-14-26-23(17-24)18-27(36-26)31(40)41/h4-8,13-14,17-18,20,22,25,28,36H,9-12,15-16,19H2,1-3H3,(H,34,42)(H,35,38)(H,40,41)/t20-,22-,25-,28?/m0/s1. The summed E-state index contributed by atoms with van der Waals surface area (Å²) in [6.45, 7) is 6.49. The summed E-state index contributed by atoms with van der Waals surface area (Å²) in [6.07, 6.45) is 3.29. The second-order valence-corrected chi connectivity index (χ2v) is 12.7. The Bertz CT molecular complexity index is 1490. The van der Waals surface area contributed by atoms with Gasteiger partial charge in [-0.2, -0.15) is 0 Å². The SMILES string of the molecule is CC(C)(C)OC(=O)NC[C@H]1CC[C@H](C(=O)N2CC[C@@H](c3ccccc3)C2C(=O)Nc2ccc3[nH]c(C(=O)O)cc3c2)CC1. The van der Waals surface area contributed by atoms with Gasteiger partial charge in [0.1, 0.15) is 17.3 Å². The van der Waals surface area contributed by atoms with Gasteiger partial charge in [-0.25, -0.2) is 9.59 Å². The fourth-order valence-corrected chi connectivity index (χ4v) is 6.34. The van der Waals surface area contributed by atoms with Crippen molar-refractivity contribution in [3.8, 4) is 0 Å². The number of hydrogen-bond donors (Lipinski definition) is 4. The lowest BCUT2D eigenvalue weighted by Crippen LogP contribution is -2.48. The molecular weight excluding hydrogens is 548 g/mol. The highest BCUT2D eigenvalue weighted by atomic mass is 16.6. The van der Waals surface area contributed by atoms with Gasteiger partial charge >= 0.3 is 12.1 Å². The number of anilines is 1. The van der Waals surface area contributed by atoms with E-state index >= 15 is 0 Å². The van der Waals surface area contributed by atoms with E-state index in [1.807, 2.05) is 51.1 Å². The molecule has 0 radical (unpaired) electrons. The number of alkyl carbamates (subject to hydrolysis) is 1. The first kappa shape index (κ1) is 30.1. The highest BCUT2D eigenvalue weighted by molar-refractivity contribution is 6.01. The molecule has 4 N–H and O–H groups in total. The topological polar surface area (TPSA) is 141 Å². The Morgan fingerprint density at radius 3 is 2.37 bits per heavy atom. The molecule has 0 bridgehead atoms. The Morgan fingerprint density at radius 1 is 0.977 bits per heavy atom. The van der Waals surface area contributed by atoms with Crippen molar-refractivity contribution in [1.82, 2.24) is 15.2 Å². The number of aromatic carboxylic acids is 1. The van der Waals surface area contributed by atoms with Gasteiger partial charge in [-0.15, -0.1) is 0 Å². The van der Waals surface area contributed by atoms with E-state index in [0.29, 0.717) is 48.9 Å². The minimum atomic E-state index is -1.05. The van der Waals surface area contributed by atoms with Gasteiger partial charge in [-0.05, 0) is 88.6 Å². The Hall–Kier alpha value is -4.34. The second-order valence-electron chi connectivity index (χ2n) is 12.7. The zero-order valence-electron chi connectivity index (χ0n) is 24.9. The number of rotatable bonds is 7. The van der Waals surface area contributed by atoms with Crippen molar-refractivity contribution in [1.29, 1.82) is 0 Å². The normalized spacial score (nSPS) is 22.3. The molecule has 1 saturated carbocycles. The first-order valence-corrected chi connectivity index (χ1v) is 15.0. The minimum Gasteiger partial charge on any atom is -0.477 e. The summed E-state index contributed by atoms with van der Waals surface area (Å²) < 4.78 is 5.34. The molecule has 0 spiro atoms. The van der Waals surface area contributed by atoms with Gasteiger partial charge in [0, 0.05) is 41.5 Å². The van der Waals surface area contributed by atoms with Crippen molar-refractivity contribution in [2.75, 3.05) is 18.4 Å². The van der Waals surface area contributed by atoms with Crippen LogP contribution in [-0.2, 0) is 14.3 Å². The van der Waals surface area contributed by atoms with Crippen LogP contribution in [-0.4, -0.2) is 63.6 Å². The molecule has 5 rings (SSSR count). The maximum Gasteiger partial charge on any atom is 0.407 e. The summed E-state index contributed by atoms with van der Waals surface area (Å²) in [5.74, 6) is -1.35. The number of aromatic nitrogens is 1. The zero-order chi connectivity index (χ0) is 30.7. The van der Waals surface area contributed by atoms with E-state index in [1.165, 1.54) is 6.07 Å². The molecule has 10 heteroatoms. The Morgan fingerprint density at radius 2 is 1.70 bits per heavy atom. The Balaban J connectivity index is 1.27. The lowest BCUT2D eigenvalue weighted by molar-refractivity contribution is -0.141. The van der Waals surface area contributed by atoms with E-state index < -0.39 is 23.7 Å². The van der Waals surface area contributed by atoms with E-state index in [2.05, 4.69) is 15.6 Å². The van der Waals surface area contributed by atoms with E-state index in [-0.39, 0.29) is 35.3 Å². The average Bonchev–Trinajstić information content (AvgIpc) is 3.61. The fourth-order valence-electron chi connectivity index (χ4n) is 6.34. The third-order valence-corrected chi connectivity index (χ3v) is 8.43. The van der Waals surface area contributed by atoms with Gasteiger partial charge in [0.05, 0.1) is 0 Å². The number of amides is 3. The number of carbonyl (C=O) groups is 4. The predicted molar refractivity (Wildman–Crippen MR) is 163 cm³/mol. The number of fused-ring (bicyclic) bond motifs is 1. The molecular formula is C33H40N4O6. The second kappa shape index (κ2) is 12.5. The quantitative estimate of drug-likeness (QED) is 0.286. The molecule has 1 saturated heterocycles. The van der Waals surface area contributed by atoms with Crippen LogP contribution in [0.5, 0.6) is 0 Å². The Labute approximate surface area is 251 Å². The van der Waals surface area contributed by atoms with Crippen molar-refractivity contribution in [2.45, 2.75) is 70.4 Å². The number of nitrogens with zero attached hydrogens (tertiary/aromatic N) is 1. The van der Waals surface area contributed by atoms with Crippen LogP contribution in [0.3, 0.4) is 0 Å². The summed E-state index contributed by atoms with van der Waals surface area (Å²) in [5, 5.41) is 15.8. The molecule has 1 unspecified atom stereocenters. The van der Waals surface area contributed by atoms with Crippen LogP contribution < -0.4 is 10.6 Å². The largest absolute Gasteiger partial charge is 0.477 e. The molecule has 3 amide bonds. The highest BCUT2D eigenvalue weighted by Crippen LogP contribution is 2.38. The van der Waals surface area contributed by atoms with Gasteiger partial charge in [0.15, 0.2) is 0 Å². The van der Waals surface area contributed by atoms with Gasteiger partial charge in [-0.1, -0.05) is 30.3 Å². The van der Waals surface area contributed by atoms with E-state index in [1.54, 1.807) is 23.1 Å². The number of carboxylic acids is 1. The number of carbonyl (C=O) groups excluding carboxylic acids is 3. The molecule has 3 aromatic rings. The van der Waals surface area contributed by atoms with Gasteiger partial charge in [0.2, 0.25) is 11.8 Å². The van der Waals surface area contributed by atoms with Gasteiger partial charge < -0.3 is 30.4 Å². The molecule has 2 atom stereocenters. The first-order valence-electron chi connectivity index (χ1n) is 15.0. The molecule has 2 fully saturated rings. The zero-order valence-corrected chi connectivity index (χ0v) is 24.9. The lowest BCUT2D eigenvalue weighted by Gasteiger charge is -2.34. The van der Waals surface area contributed by atoms with E-state index in [9.17, 15) is 24.3 Å². The van der Waals surface area contributed by atoms with Crippen LogP contribution in [0.1, 0.15) is 74.8 Å². The number of aromatic amines is 1. The maximum absolute atomic E-state index is 13.9. The fraction of sp³-hybridized carbons (Fsp3) is 0.455. The molecule has 43 heavy (non-hydrogen) atoms. The number of H-pyrrole nitrogens is 1. The molecule has 228 valence electrons. The summed E-state index contributed by atoms with van der Waals surface area (Å²) in [7, 11) is 0. The van der Waals surface area contributed by atoms with Crippen molar-refractivity contribution in [3.05, 3.63) is 65.9 Å². The molecule has 1 aromatic heterocycles. The first-order chi connectivity index (χ1) is 20.5. The summed E-state index contributed by atoms with van der Waals surface area (Å²) in [6, 6.07) is 15.9. The van der Waals surface area contributed by atoms with E-state index in [0.717, 1.165) is 18.4 Å². The lowest BCUT2D eigenvalue weighted by atomic mass is 9.81. The molecule has 2 aromatic carbocycles. The molecule has 10 nitrogen and oxygen atoms in total. The van der Waals surface area contributed by atoms with Crippen LogP contribution in [0.15, 0.2) is 54.6 Å². The summed E-state index contributed by atoms with van der Waals surface area (Å²) >= 11 is 0. The summed E-state index contributed by atoms with van der Waals surface area (Å²) in [4.78, 5) is 55.8. The Kier molecular flexibility index (Phi) is 8.75. The number of benzene rings is 2. The molecule has 2 heterocycles.